The van der Waals surface area contributed by atoms with Gasteiger partial charge in [0.25, 0.3) is 0 Å². The number of amides is 1. The van der Waals surface area contributed by atoms with Crippen molar-refractivity contribution in [2.75, 3.05) is 12.3 Å². The maximum atomic E-state index is 12.6. The predicted molar refractivity (Wildman–Crippen MR) is 129 cm³/mol. The van der Waals surface area contributed by atoms with Gasteiger partial charge in [0, 0.05) is 22.5 Å². The molecule has 6 nitrogen and oxygen atoms in total. The van der Waals surface area contributed by atoms with Gasteiger partial charge in [0.05, 0.1) is 18.6 Å². The van der Waals surface area contributed by atoms with Gasteiger partial charge in [0.1, 0.15) is 5.76 Å². The molecule has 0 unspecified atom stereocenters. The number of thioether (sulfide) groups is 1. The Morgan fingerprint density at radius 1 is 1.06 bits per heavy atom. The highest BCUT2D eigenvalue weighted by atomic mass is 35.5. The fraction of sp³-hybridized carbons (Fsp3) is 0.240. The summed E-state index contributed by atoms with van der Waals surface area (Å²) in [4.78, 5) is 12.6. The molecular weight excluding hydrogens is 456 g/mol. The molecule has 5 rings (SSSR count). The van der Waals surface area contributed by atoms with E-state index in [9.17, 15) is 4.79 Å². The largest absolute Gasteiger partial charge is 0.467 e. The molecule has 1 saturated carbocycles. The molecule has 1 amide bonds. The second-order valence-corrected chi connectivity index (χ2v) is 9.57. The lowest BCUT2D eigenvalue weighted by Gasteiger charge is -2.16. The van der Waals surface area contributed by atoms with Crippen molar-refractivity contribution >= 4 is 29.3 Å². The van der Waals surface area contributed by atoms with Crippen LogP contribution in [0.4, 0.5) is 0 Å². The van der Waals surface area contributed by atoms with Crippen molar-refractivity contribution in [1.29, 1.82) is 0 Å². The van der Waals surface area contributed by atoms with Gasteiger partial charge in [0.2, 0.25) is 5.91 Å². The molecule has 2 aromatic carbocycles. The fourth-order valence-electron chi connectivity index (χ4n) is 3.87. The number of hydrogen-bond acceptors (Lipinski definition) is 5. The number of carbonyl (C=O) groups excluding carboxylic acids is 1. The number of nitrogens with zero attached hydrogens (tertiary/aromatic N) is 3. The maximum absolute atomic E-state index is 12.6. The Balaban J connectivity index is 1.27. The van der Waals surface area contributed by atoms with Gasteiger partial charge >= 0.3 is 0 Å². The summed E-state index contributed by atoms with van der Waals surface area (Å²) in [7, 11) is 0. The molecule has 1 N–H and O–H groups in total. The highest BCUT2D eigenvalue weighted by molar-refractivity contribution is 7.99. The second-order valence-electron chi connectivity index (χ2n) is 8.19. The second kappa shape index (κ2) is 9.45. The zero-order valence-electron chi connectivity index (χ0n) is 17.9. The number of furan rings is 1. The molecule has 1 fully saturated rings. The topological polar surface area (TPSA) is 73.0 Å². The molecule has 0 atom stereocenters. The van der Waals surface area contributed by atoms with Crippen molar-refractivity contribution in [2.45, 2.75) is 30.0 Å². The third-order valence-electron chi connectivity index (χ3n) is 5.91. The van der Waals surface area contributed by atoms with Gasteiger partial charge in [-0.2, -0.15) is 0 Å². The van der Waals surface area contributed by atoms with E-state index in [-0.39, 0.29) is 17.1 Å². The van der Waals surface area contributed by atoms with Crippen LogP contribution in [-0.4, -0.2) is 33.0 Å². The van der Waals surface area contributed by atoms with E-state index in [0.29, 0.717) is 29.1 Å². The van der Waals surface area contributed by atoms with Gasteiger partial charge in [-0.1, -0.05) is 53.7 Å². The molecule has 0 aliphatic heterocycles. The van der Waals surface area contributed by atoms with Crippen LogP contribution >= 0.6 is 23.4 Å². The van der Waals surface area contributed by atoms with Crippen molar-refractivity contribution < 1.29 is 9.21 Å². The first-order valence-corrected chi connectivity index (χ1v) is 12.2. The SMILES string of the molecule is O=C(CSc1nnc(-c2ccc(Cl)cc2)n1Cc1ccco1)NCC1(c2ccccc2)CC1. The Hall–Kier alpha value is -3.03. The molecule has 0 spiro atoms. The minimum atomic E-state index is -0.0113. The monoisotopic (exact) mass is 478 g/mol. The summed E-state index contributed by atoms with van der Waals surface area (Å²) in [6, 6.07) is 21.6. The van der Waals surface area contributed by atoms with Crippen LogP contribution in [-0.2, 0) is 16.8 Å². The smallest absolute Gasteiger partial charge is 0.230 e. The molecule has 168 valence electrons. The maximum Gasteiger partial charge on any atom is 0.230 e. The Bertz CT molecular complexity index is 1220. The third kappa shape index (κ3) is 4.99. The molecule has 33 heavy (non-hydrogen) atoms. The van der Waals surface area contributed by atoms with Gasteiger partial charge in [-0.05, 0) is 54.8 Å². The quantitative estimate of drug-likeness (QED) is 0.335. The number of benzene rings is 2. The van der Waals surface area contributed by atoms with Gasteiger partial charge in [-0.3, -0.25) is 9.36 Å². The number of rotatable bonds is 9. The van der Waals surface area contributed by atoms with Crippen LogP contribution in [0.15, 0.2) is 82.6 Å². The first-order valence-electron chi connectivity index (χ1n) is 10.8. The summed E-state index contributed by atoms with van der Waals surface area (Å²) in [5, 5.41) is 13.2. The van der Waals surface area contributed by atoms with Gasteiger partial charge in [-0.25, -0.2) is 0 Å². The van der Waals surface area contributed by atoms with E-state index in [1.165, 1.54) is 17.3 Å². The summed E-state index contributed by atoms with van der Waals surface area (Å²) in [6.07, 6.45) is 3.85. The summed E-state index contributed by atoms with van der Waals surface area (Å²) >= 11 is 7.41. The Morgan fingerprint density at radius 3 is 2.55 bits per heavy atom. The van der Waals surface area contributed by atoms with Crippen molar-refractivity contribution in [1.82, 2.24) is 20.1 Å². The Kier molecular flexibility index (Phi) is 6.24. The van der Waals surface area contributed by atoms with Crippen molar-refractivity contribution in [3.05, 3.63) is 89.3 Å². The zero-order valence-corrected chi connectivity index (χ0v) is 19.5. The Morgan fingerprint density at radius 2 is 1.85 bits per heavy atom. The summed E-state index contributed by atoms with van der Waals surface area (Å²) in [6.45, 7) is 1.13. The molecule has 1 aliphatic carbocycles. The molecule has 2 aromatic heterocycles. The van der Waals surface area contributed by atoms with Crippen LogP contribution in [0.5, 0.6) is 0 Å². The van der Waals surface area contributed by atoms with E-state index in [4.69, 9.17) is 16.0 Å². The van der Waals surface area contributed by atoms with E-state index >= 15 is 0 Å². The normalized spacial score (nSPS) is 14.2. The van der Waals surface area contributed by atoms with E-state index in [2.05, 4.69) is 39.8 Å². The zero-order chi connectivity index (χ0) is 22.7. The highest BCUT2D eigenvalue weighted by Crippen LogP contribution is 2.47. The van der Waals surface area contributed by atoms with Gasteiger partial charge in [-0.15, -0.1) is 10.2 Å². The lowest BCUT2D eigenvalue weighted by atomic mass is 9.96. The van der Waals surface area contributed by atoms with Crippen LogP contribution in [0.3, 0.4) is 0 Å². The molecule has 0 radical (unpaired) electrons. The number of hydrogen-bond donors (Lipinski definition) is 1. The van der Waals surface area contributed by atoms with Gasteiger partial charge < -0.3 is 9.73 Å². The summed E-state index contributed by atoms with van der Waals surface area (Å²) in [5.41, 5.74) is 2.28. The molecule has 2 heterocycles. The minimum absolute atomic E-state index is 0.0113. The molecular formula is C25H23ClN4O2S. The highest BCUT2D eigenvalue weighted by Gasteiger charge is 2.44. The average Bonchev–Trinajstić information content (AvgIpc) is 3.26. The van der Waals surface area contributed by atoms with Crippen LogP contribution in [0.25, 0.3) is 11.4 Å². The average molecular weight is 479 g/mol. The third-order valence-corrected chi connectivity index (χ3v) is 7.13. The van der Waals surface area contributed by atoms with Crippen molar-refractivity contribution in [3.63, 3.8) is 0 Å². The number of halogens is 1. The van der Waals surface area contributed by atoms with E-state index < -0.39 is 0 Å². The summed E-state index contributed by atoms with van der Waals surface area (Å²) < 4.78 is 7.50. The van der Waals surface area contributed by atoms with Crippen LogP contribution in [0.2, 0.25) is 5.02 Å². The minimum Gasteiger partial charge on any atom is -0.467 e. The van der Waals surface area contributed by atoms with Crippen molar-refractivity contribution in [2.24, 2.45) is 0 Å². The van der Waals surface area contributed by atoms with Crippen LogP contribution < -0.4 is 5.32 Å². The molecule has 8 heteroatoms. The number of nitrogens with one attached hydrogen (secondary N) is 1. The first-order chi connectivity index (χ1) is 16.1. The fourth-order valence-corrected chi connectivity index (χ4v) is 4.76. The molecule has 4 aromatic rings. The van der Waals surface area contributed by atoms with E-state index in [1.807, 2.05) is 47.0 Å². The van der Waals surface area contributed by atoms with Crippen LogP contribution in [0, 0.1) is 0 Å². The van der Waals surface area contributed by atoms with Gasteiger partial charge in [0.15, 0.2) is 11.0 Å². The standard InChI is InChI=1S/C25H23ClN4O2S/c26-20-10-8-18(9-11-20)23-28-29-24(30(23)15-21-7-4-14-32-21)33-16-22(31)27-17-25(12-13-25)19-5-2-1-3-6-19/h1-11,14H,12-13,15-17H2,(H,27,31). The number of aromatic nitrogens is 3. The molecule has 1 aliphatic rings. The predicted octanol–water partition coefficient (Wildman–Crippen LogP) is 5.18. The van der Waals surface area contributed by atoms with Crippen LogP contribution in [0.1, 0.15) is 24.2 Å². The number of carbonyl (C=O) groups is 1. The van der Waals surface area contributed by atoms with Crippen molar-refractivity contribution in [3.8, 4) is 11.4 Å². The Labute approximate surface area is 201 Å². The summed E-state index contributed by atoms with van der Waals surface area (Å²) in [5.74, 6) is 1.74. The van der Waals surface area contributed by atoms with E-state index in [1.54, 1.807) is 6.26 Å². The molecule has 0 bridgehead atoms. The lowest BCUT2D eigenvalue weighted by Crippen LogP contribution is -2.33. The molecule has 0 saturated heterocycles. The first kappa shape index (κ1) is 21.8. The van der Waals surface area contributed by atoms with E-state index in [0.717, 1.165) is 24.2 Å². The lowest BCUT2D eigenvalue weighted by molar-refractivity contribution is -0.118.